The molecule has 2 nitrogen and oxygen atoms in total. The smallest absolute Gasteiger partial charge is 0.165 e. The van der Waals surface area contributed by atoms with Crippen molar-refractivity contribution in [1.82, 2.24) is 0 Å². The zero-order chi connectivity index (χ0) is 11.0. The van der Waals surface area contributed by atoms with Crippen molar-refractivity contribution in [3.8, 4) is 0 Å². The molecule has 1 rings (SSSR count). The molecule has 0 saturated carbocycles. The van der Waals surface area contributed by atoms with Crippen molar-refractivity contribution < 1.29 is 9.47 Å². The lowest BCUT2D eigenvalue weighted by atomic mass is 9.80. The number of ether oxygens (including phenoxy) is 2. The van der Waals surface area contributed by atoms with Crippen LogP contribution in [0.4, 0.5) is 0 Å². The largest absolute Gasteiger partial charge is 0.350 e. The Labute approximate surface area is 88.0 Å². The molecule has 0 radical (unpaired) electrons. The lowest BCUT2D eigenvalue weighted by molar-refractivity contribution is -0.329. The molecular weight excluding hydrogens is 176 g/mol. The molecule has 0 N–H and O–H groups in total. The maximum Gasteiger partial charge on any atom is 0.165 e. The van der Waals surface area contributed by atoms with Gasteiger partial charge in [-0.1, -0.05) is 34.6 Å². The van der Waals surface area contributed by atoms with Gasteiger partial charge in [-0.2, -0.15) is 0 Å². The third-order valence-electron chi connectivity index (χ3n) is 3.14. The predicted octanol–water partition coefficient (Wildman–Crippen LogP) is 3.21. The maximum atomic E-state index is 6.08. The summed E-state index contributed by atoms with van der Waals surface area (Å²) in [5, 5.41) is 0. The van der Waals surface area contributed by atoms with Gasteiger partial charge in [0.2, 0.25) is 0 Å². The Morgan fingerprint density at radius 3 is 2.29 bits per heavy atom. The Kier molecular flexibility index (Phi) is 3.27. The van der Waals surface area contributed by atoms with Crippen molar-refractivity contribution in [1.29, 1.82) is 0 Å². The molecule has 1 heterocycles. The molecule has 0 bridgehead atoms. The second-order valence-electron chi connectivity index (χ2n) is 5.55. The summed E-state index contributed by atoms with van der Waals surface area (Å²) < 4.78 is 11.9. The van der Waals surface area contributed by atoms with E-state index in [1.165, 1.54) is 0 Å². The second kappa shape index (κ2) is 3.82. The summed E-state index contributed by atoms with van der Waals surface area (Å²) in [6.45, 7) is 13.8. The van der Waals surface area contributed by atoms with Crippen molar-refractivity contribution >= 4 is 0 Å². The molecule has 0 aromatic carbocycles. The molecule has 84 valence electrons. The summed E-state index contributed by atoms with van der Waals surface area (Å²) in [4.78, 5) is 0. The summed E-state index contributed by atoms with van der Waals surface area (Å²) in [6, 6.07) is 0. The quantitative estimate of drug-likeness (QED) is 0.681. The average molecular weight is 200 g/mol. The Balaban J connectivity index is 2.77. The highest BCUT2D eigenvalue weighted by molar-refractivity contribution is 4.87. The van der Waals surface area contributed by atoms with Crippen LogP contribution < -0.4 is 0 Å². The van der Waals surface area contributed by atoms with E-state index in [-0.39, 0.29) is 11.2 Å². The highest BCUT2D eigenvalue weighted by atomic mass is 16.7. The molecule has 0 amide bonds. The standard InChI is InChI=1S/C12H24O2/c1-7-12(6)13-8-11(4,5)10(14-12)9(2)3/h9-10H,7-8H2,1-6H3/t10-,12-/m1/s1. The van der Waals surface area contributed by atoms with Crippen molar-refractivity contribution in [2.24, 2.45) is 11.3 Å². The van der Waals surface area contributed by atoms with Gasteiger partial charge in [-0.05, 0) is 19.3 Å². The van der Waals surface area contributed by atoms with E-state index in [0.717, 1.165) is 13.0 Å². The molecule has 0 spiro atoms. The van der Waals surface area contributed by atoms with Crippen molar-refractivity contribution in [3.05, 3.63) is 0 Å². The molecule has 1 aliphatic rings. The van der Waals surface area contributed by atoms with Crippen LogP contribution in [0.3, 0.4) is 0 Å². The molecule has 1 aliphatic heterocycles. The van der Waals surface area contributed by atoms with Crippen LogP contribution in [-0.2, 0) is 9.47 Å². The Morgan fingerprint density at radius 2 is 1.86 bits per heavy atom. The minimum atomic E-state index is -0.371. The predicted molar refractivity (Wildman–Crippen MR) is 58.1 cm³/mol. The molecule has 14 heavy (non-hydrogen) atoms. The fraction of sp³-hybridized carbons (Fsp3) is 1.00. The molecule has 0 aromatic heterocycles. The Hall–Kier alpha value is -0.0800. The summed E-state index contributed by atoms with van der Waals surface area (Å²) in [5.74, 6) is 0.171. The molecule has 1 saturated heterocycles. The molecular formula is C12H24O2. The van der Waals surface area contributed by atoms with E-state index in [9.17, 15) is 0 Å². The van der Waals surface area contributed by atoms with E-state index in [1.807, 2.05) is 6.92 Å². The fourth-order valence-electron chi connectivity index (χ4n) is 2.11. The van der Waals surface area contributed by atoms with Crippen molar-refractivity contribution in [2.45, 2.75) is 59.9 Å². The molecule has 2 heteroatoms. The van der Waals surface area contributed by atoms with Crippen LogP contribution in [0, 0.1) is 11.3 Å². The topological polar surface area (TPSA) is 18.5 Å². The highest BCUT2D eigenvalue weighted by Crippen LogP contribution is 2.39. The lowest BCUT2D eigenvalue weighted by Gasteiger charge is -2.48. The number of rotatable bonds is 2. The zero-order valence-corrected chi connectivity index (χ0v) is 10.4. The number of hydrogen-bond donors (Lipinski definition) is 0. The van der Waals surface area contributed by atoms with Crippen LogP contribution >= 0.6 is 0 Å². The fourth-order valence-corrected chi connectivity index (χ4v) is 2.11. The van der Waals surface area contributed by atoms with Crippen LogP contribution in [-0.4, -0.2) is 18.5 Å². The summed E-state index contributed by atoms with van der Waals surface area (Å²) in [5.41, 5.74) is 0.128. The minimum Gasteiger partial charge on any atom is -0.350 e. The third-order valence-corrected chi connectivity index (χ3v) is 3.14. The molecule has 1 fully saturated rings. The first-order valence-corrected chi connectivity index (χ1v) is 5.62. The van der Waals surface area contributed by atoms with Crippen molar-refractivity contribution in [2.75, 3.05) is 6.61 Å². The molecule has 0 aliphatic carbocycles. The minimum absolute atomic E-state index is 0.128. The van der Waals surface area contributed by atoms with Gasteiger partial charge in [-0.15, -0.1) is 0 Å². The third kappa shape index (κ3) is 2.29. The summed E-state index contributed by atoms with van der Waals surface area (Å²) in [6.07, 6.45) is 1.20. The summed E-state index contributed by atoms with van der Waals surface area (Å²) >= 11 is 0. The van der Waals surface area contributed by atoms with Crippen molar-refractivity contribution in [3.63, 3.8) is 0 Å². The lowest BCUT2D eigenvalue weighted by Crippen LogP contribution is -2.53. The van der Waals surface area contributed by atoms with Crippen LogP contribution in [0.25, 0.3) is 0 Å². The molecule has 0 aromatic rings. The van der Waals surface area contributed by atoms with Gasteiger partial charge in [-0.3, -0.25) is 0 Å². The molecule has 0 unspecified atom stereocenters. The normalized spacial score (nSPS) is 37.5. The summed E-state index contributed by atoms with van der Waals surface area (Å²) in [7, 11) is 0. The SMILES string of the molecule is CC[C@]1(C)OCC(C)(C)[C@@H](C(C)C)O1. The monoisotopic (exact) mass is 200 g/mol. The van der Waals surface area contributed by atoms with E-state index in [0.29, 0.717) is 12.0 Å². The Bertz CT molecular complexity index is 198. The van der Waals surface area contributed by atoms with Crippen LogP contribution in [0.2, 0.25) is 0 Å². The Morgan fingerprint density at radius 1 is 1.29 bits per heavy atom. The van der Waals surface area contributed by atoms with E-state index >= 15 is 0 Å². The average Bonchev–Trinajstić information content (AvgIpc) is 2.09. The first-order valence-electron chi connectivity index (χ1n) is 5.62. The van der Waals surface area contributed by atoms with Crippen LogP contribution in [0.1, 0.15) is 48.0 Å². The first-order chi connectivity index (χ1) is 6.31. The van der Waals surface area contributed by atoms with Gasteiger partial charge >= 0.3 is 0 Å². The van der Waals surface area contributed by atoms with Gasteiger partial charge in [0.25, 0.3) is 0 Å². The maximum absolute atomic E-state index is 6.08. The molecule has 2 atom stereocenters. The van der Waals surface area contributed by atoms with Crippen LogP contribution in [0.5, 0.6) is 0 Å². The zero-order valence-electron chi connectivity index (χ0n) is 10.4. The van der Waals surface area contributed by atoms with Gasteiger partial charge in [-0.25, -0.2) is 0 Å². The first kappa shape index (κ1) is 12.0. The van der Waals surface area contributed by atoms with E-state index < -0.39 is 0 Å². The van der Waals surface area contributed by atoms with Gasteiger partial charge in [0.1, 0.15) is 0 Å². The second-order valence-corrected chi connectivity index (χ2v) is 5.55. The van der Waals surface area contributed by atoms with Gasteiger partial charge < -0.3 is 9.47 Å². The highest BCUT2D eigenvalue weighted by Gasteiger charge is 2.44. The van der Waals surface area contributed by atoms with Gasteiger partial charge in [0.15, 0.2) is 5.79 Å². The van der Waals surface area contributed by atoms with Gasteiger partial charge in [0.05, 0.1) is 12.7 Å². The number of hydrogen-bond acceptors (Lipinski definition) is 2. The van der Waals surface area contributed by atoms with E-state index in [2.05, 4.69) is 34.6 Å². The van der Waals surface area contributed by atoms with E-state index in [1.54, 1.807) is 0 Å². The van der Waals surface area contributed by atoms with Crippen LogP contribution in [0.15, 0.2) is 0 Å². The van der Waals surface area contributed by atoms with Gasteiger partial charge in [0, 0.05) is 5.41 Å². The van der Waals surface area contributed by atoms with E-state index in [4.69, 9.17) is 9.47 Å².